The maximum Gasteiger partial charge on any atom is 0.524 e. The van der Waals surface area contributed by atoms with Crippen molar-refractivity contribution in [2.75, 3.05) is 51.0 Å². The quantitative estimate of drug-likeness (QED) is 0.0116. The lowest BCUT2D eigenvalue weighted by Gasteiger charge is -2.16. The molecule has 6 amide bonds. The molecule has 12 N–H and O–H groups in total. The van der Waals surface area contributed by atoms with E-state index in [4.69, 9.17) is 49.6 Å². The van der Waals surface area contributed by atoms with Gasteiger partial charge in [0.25, 0.3) is 23.6 Å². The minimum atomic E-state index is -4.89. The summed E-state index contributed by atoms with van der Waals surface area (Å²) in [5.74, 6) is -2.79. The van der Waals surface area contributed by atoms with Gasteiger partial charge in [-0.1, -0.05) is 38.8 Å². The molecule has 556 valence electrons. The number of nitrogen functional groups attached to an aromatic ring is 2. The molecule has 36 heteroatoms. The lowest BCUT2D eigenvalue weighted by atomic mass is 10.1. The van der Waals surface area contributed by atoms with Crippen LogP contribution >= 0.6 is 15.6 Å². The number of rotatable bonds is 36. The Hall–Kier alpha value is -10.2. The fourth-order valence-electron chi connectivity index (χ4n) is 11.5. The number of nitrogens with two attached hydrogens (primary N) is 2. The zero-order chi connectivity index (χ0) is 74.8. The number of pyridine rings is 2. The Morgan fingerprint density at radius 3 is 1.41 bits per heavy atom. The molecule has 0 unspecified atom stereocenters. The summed E-state index contributed by atoms with van der Waals surface area (Å²) in [5, 5.41) is 28.9. The average Bonchev–Trinajstić information content (AvgIpc) is 1.58. The van der Waals surface area contributed by atoms with E-state index < -0.39 is 51.2 Å². The van der Waals surface area contributed by atoms with E-state index in [9.17, 15) is 77.3 Å². The third-order valence-electron chi connectivity index (χ3n) is 16.6. The second kappa shape index (κ2) is 35.8. The van der Waals surface area contributed by atoms with Crippen LogP contribution in [0.1, 0.15) is 138 Å². The number of benzene rings is 4. The molecule has 2 aliphatic heterocycles. The fraction of sp³-hybridized carbons (Fsp3) is 0.412. The summed E-state index contributed by atoms with van der Waals surface area (Å²) in [6.07, 6.45) is 6.04. The Morgan fingerprint density at radius 2 is 0.971 bits per heavy atom. The van der Waals surface area contributed by atoms with Gasteiger partial charge in [0.05, 0.1) is 61.6 Å². The average molecular weight is 1480 g/mol. The smallest absolute Gasteiger partial charge is 0.508 e. The zero-order valence-electron chi connectivity index (χ0n) is 57.2. The molecule has 0 radical (unpaired) electrons. The molecule has 0 aliphatic carbocycles. The van der Waals surface area contributed by atoms with Crippen LogP contribution in [-0.2, 0) is 105 Å². The predicted octanol–water partition coefficient (Wildman–Crippen LogP) is 6.38. The van der Waals surface area contributed by atoms with E-state index in [0.29, 0.717) is 105 Å². The second-order valence-corrected chi connectivity index (χ2v) is 26.8. The number of aromatic hydroxyl groups is 2. The number of phosphoric acid groups is 2. The first-order valence-electron chi connectivity index (χ1n) is 33.8. The SMILES string of the molecule is CCCCc1nc2c(N)nc3ccc(CCOCCNC(=O)CCCC(=O)ON4C(=O)CCC4=O)cc3c2n1Cc1cc(O)ccc1OP(=O)(O)O.CCCCc1nc2c(N)nc3ccc(CCOCCNC(=O)CCCC(=O)ON4C(=O)CCC4=O)cc3c2n1Cc1cc(OP(=O)(O)O)ccc1O. The van der Waals surface area contributed by atoms with Crippen LogP contribution in [0.3, 0.4) is 0 Å². The molecule has 0 atom stereocenters. The summed E-state index contributed by atoms with van der Waals surface area (Å²) in [4.78, 5) is 160. The van der Waals surface area contributed by atoms with Gasteiger partial charge in [0.15, 0.2) is 11.6 Å². The van der Waals surface area contributed by atoms with Crippen molar-refractivity contribution in [3.8, 4) is 23.0 Å². The van der Waals surface area contributed by atoms with Crippen molar-refractivity contribution >= 4 is 119 Å². The van der Waals surface area contributed by atoms with Crippen molar-refractivity contribution in [2.24, 2.45) is 0 Å². The van der Waals surface area contributed by atoms with Crippen LogP contribution in [0, 0.1) is 0 Å². The number of phosphoric ester groups is 2. The normalized spacial score (nSPS) is 13.3. The molecule has 2 saturated heterocycles. The van der Waals surface area contributed by atoms with Gasteiger partial charge in [-0.25, -0.2) is 38.7 Å². The third-order valence-corrected chi connectivity index (χ3v) is 17.5. The summed E-state index contributed by atoms with van der Waals surface area (Å²) in [6.45, 7) is 6.01. The van der Waals surface area contributed by atoms with Gasteiger partial charge in [-0.15, -0.1) is 10.1 Å². The second-order valence-electron chi connectivity index (χ2n) is 24.5. The number of phenols is 2. The Labute approximate surface area is 594 Å². The van der Waals surface area contributed by atoms with Gasteiger partial charge < -0.3 is 69.6 Å². The highest BCUT2D eigenvalue weighted by atomic mass is 31.2. The number of aryl methyl sites for hydroxylation is 2. The van der Waals surface area contributed by atoms with Crippen LogP contribution in [0.15, 0.2) is 72.8 Å². The number of aromatic nitrogens is 6. The van der Waals surface area contributed by atoms with Crippen molar-refractivity contribution < 1.29 is 105 Å². The van der Waals surface area contributed by atoms with Gasteiger partial charge in [0.1, 0.15) is 45.7 Å². The molecule has 34 nitrogen and oxygen atoms in total. The van der Waals surface area contributed by atoms with Crippen LogP contribution in [-0.4, -0.2) is 156 Å². The van der Waals surface area contributed by atoms with Crippen molar-refractivity contribution in [2.45, 2.75) is 143 Å². The maximum atomic E-state index is 12.2. The lowest BCUT2D eigenvalue weighted by Crippen LogP contribution is -2.32. The number of carbonyl (C=O) groups excluding carboxylic acids is 8. The number of amides is 6. The lowest BCUT2D eigenvalue weighted by molar-refractivity contribution is -0.197. The van der Waals surface area contributed by atoms with E-state index in [2.05, 4.69) is 34.4 Å². The number of imidazole rings is 2. The first kappa shape index (κ1) is 78.0. The molecule has 4 aromatic heterocycles. The van der Waals surface area contributed by atoms with Crippen LogP contribution in [0.5, 0.6) is 23.0 Å². The Morgan fingerprint density at radius 1 is 0.519 bits per heavy atom. The highest BCUT2D eigenvalue weighted by molar-refractivity contribution is 7.47. The van der Waals surface area contributed by atoms with Crippen LogP contribution in [0.25, 0.3) is 43.9 Å². The highest BCUT2D eigenvalue weighted by Gasteiger charge is 2.34. The van der Waals surface area contributed by atoms with Gasteiger partial charge in [-0.2, -0.15) is 0 Å². The Kier molecular flexibility index (Phi) is 26.8. The summed E-state index contributed by atoms with van der Waals surface area (Å²) in [5.41, 5.74) is 18.9. The largest absolute Gasteiger partial charge is 0.524 e. The molecule has 2 fully saturated rings. The number of fused-ring (bicyclic) bond motifs is 6. The number of hydrogen-bond donors (Lipinski definition) is 10. The first-order valence-corrected chi connectivity index (χ1v) is 36.8. The van der Waals surface area contributed by atoms with E-state index in [1.54, 1.807) is 0 Å². The number of nitrogens with one attached hydrogen (secondary N) is 2. The third kappa shape index (κ3) is 21.5. The number of nitrogens with zero attached hydrogens (tertiary/aromatic N) is 8. The van der Waals surface area contributed by atoms with Crippen molar-refractivity contribution in [3.63, 3.8) is 0 Å². The molecule has 104 heavy (non-hydrogen) atoms. The predicted molar refractivity (Wildman–Crippen MR) is 373 cm³/mol. The number of carbonyl (C=O) groups is 8. The topological polar surface area (TPSA) is 491 Å². The minimum absolute atomic E-state index is 0.00886. The maximum absolute atomic E-state index is 12.2. The number of imide groups is 2. The van der Waals surface area contributed by atoms with Crippen LogP contribution < -0.4 is 31.1 Å². The Balaban J connectivity index is 0.000000241. The van der Waals surface area contributed by atoms with Crippen molar-refractivity contribution in [1.82, 2.24) is 49.8 Å². The van der Waals surface area contributed by atoms with Gasteiger partial charge in [0.2, 0.25) is 11.8 Å². The van der Waals surface area contributed by atoms with Gasteiger partial charge in [-0.05, 0) is 110 Å². The summed E-state index contributed by atoms with van der Waals surface area (Å²) in [7, 11) is -9.71. The highest BCUT2D eigenvalue weighted by Crippen LogP contribution is 2.42. The molecular formula is C68H82N12O22P2. The minimum Gasteiger partial charge on any atom is -0.508 e. The first-order chi connectivity index (χ1) is 49.6. The molecule has 0 saturated carbocycles. The Bertz CT molecular complexity index is 4600. The molecular weight excluding hydrogens is 1400 g/mol. The number of phenolic OH excluding ortho intramolecular Hbond substituents is 2. The number of ether oxygens (including phenoxy) is 2. The summed E-state index contributed by atoms with van der Waals surface area (Å²) in [6, 6.07) is 19.4. The zero-order valence-corrected chi connectivity index (χ0v) is 58.9. The van der Waals surface area contributed by atoms with Gasteiger partial charge in [-0.3, -0.25) is 48.3 Å². The molecule has 8 aromatic rings. The monoisotopic (exact) mass is 1480 g/mol. The van der Waals surface area contributed by atoms with Crippen molar-refractivity contribution in [3.05, 3.63) is 107 Å². The fourth-order valence-corrected chi connectivity index (χ4v) is 12.3. The van der Waals surface area contributed by atoms with Crippen LogP contribution in [0.4, 0.5) is 11.6 Å². The van der Waals surface area contributed by atoms with Gasteiger partial charge >= 0.3 is 27.6 Å². The molecule has 0 spiro atoms. The van der Waals surface area contributed by atoms with E-state index in [0.717, 1.165) is 47.6 Å². The number of unbranched alkanes of at least 4 members (excludes halogenated alkanes) is 2. The van der Waals surface area contributed by atoms with Crippen LogP contribution in [0.2, 0.25) is 0 Å². The number of anilines is 2. The van der Waals surface area contributed by atoms with E-state index in [-0.39, 0.29) is 150 Å². The standard InChI is InChI=1S/2C34H41N6O11P/c1-2-3-5-27-38-32-33(39(27)20-22-19-23(9-11-26(22)41)51-52(46,47)48)24-18-21(8-10-25(24)37-34(32)35)14-16-49-17-15-36-28(42)6-4-7-31(45)50-40-29(43)12-13-30(40)44;1-2-3-5-27-38-32-33(39(27)20-22-19-23(41)9-11-26(22)51-52(46,47)48)24-18-21(8-10-25(24)37-34(32)35)14-16-49-17-15-36-28(42)6-4-7-31(45)50-40-29(43)12-13-30(40)44/h2*8-11,18-19,41H,2-7,12-17,20H2,1H3,(H2,35,37)(H,36,42)(H2,46,47,48). The van der Waals surface area contributed by atoms with Gasteiger partial charge in [0, 0.05) is 99.2 Å². The molecule has 6 heterocycles. The molecule has 0 bridgehead atoms. The number of hydrogen-bond acceptors (Lipinski definition) is 24. The van der Waals surface area contributed by atoms with E-state index >= 15 is 0 Å². The molecule has 10 rings (SSSR count). The summed E-state index contributed by atoms with van der Waals surface area (Å²) >= 11 is 0. The molecule has 2 aliphatic rings. The van der Waals surface area contributed by atoms with E-state index in [1.165, 1.54) is 36.4 Å². The number of hydroxylamine groups is 4. The van der Waals surface area contributed by atoms with Crippen molar-refractivity contribution in [1.29, 1.82) is 0 Å². The summed E-state index contributed by atoms with van der Waals surface area (Å²) < 4.78 is 48.2. The molecule has 4 aromatic carbocycles. The van der Waals surface area contributed by atoms with E-state index in [1.807, 2.05) is 45.5 Å².